The number of ether oxygens (including phenoxy) is 1. The summed E-state index contributed by atoms with van der Waals surface area (Å²) >= 11 is 3.31. The highest BCUT2D eigenvalue weighted by molar-refractivity contribution is 9.10. The third-order valence-corrected chi connectivity index (χ3v) is 2.71. The summed E-state index contributed by atoms with van der Waals surface area (Å²) in [6.07, 6.45) is 0. The van der Waals surface area contributed by atoms with E-state index in [4.69, 9.17) is 4.74 Å². The number of hydrogen-bond acceptors (Lipinski definition) is 2. The molecule has 0 amide bonds. The molecule has 0 heterocycles. The first-order valence-electron chi connectivity index (χ1n) is 5.02. The van der Waals surface area contributed by atoms with Gasteiger partial charge in [0.25, 0.3) is 0 Å². The van der Waals surface area contributed by atoms with Gasteiger partial charge in [-0.15, -0.1) is 0 Å². The molecule has 0 spiro atoms. The van der Waals surface area contributed by atoms with Crippen LogP contribution in [0, 0.1) is 5.82 Å². The van der Waals surface area contributed by atoms with Crippen LogP contribution < -0.4 is 4.74 Å². The van der Waals surface area contributed by atoms with Crippen LogP contribution in [0.4, 0.5) is 4.39 Å². The number of benzene rings is 2. The maximum atomic E-state index is 13.0. The Balaban J connectivity index is 2.29. The van der Waals surface area contributed by atoms with Crippen molar-refractivity contribution in [3.8, 4) is 11.5 Å². The zero-order valence-electron chi connectivity index (χ0n) is 8.86. The van der Waals surface area contributed by atoms with Gasteiger partial charge in [0.2, 0.25) is 0 Å². The van der Waals surface area contributed by atoms with Crippen molar-refractivity contribution in [1.82, 2.24) is 0 Å². The molecular formula is C13H10BrFO2. The van der Waals surface area contributed by atoms with E-state index in [1.54, 1.807) is 30.3 Å². The molecule has 0 saturated carbocycles. The number of aliphatic hydroxyl groups is 1. The highest BCUT2D eigenvalue weighted by Gasteiger charge is 2.05. The lowest BCUT2D eigenvalue weighted by Gasteiger charge is -2.10. The predicted molar refractivity (Wildman–Crippen MR) is 66.5 cm³/mol. The molecule has 17 heavy (non-hydrogen) atoms. The lowest BCUT2D eigenvalue weighted by Crippen LogP contribution is -1.92. The van der Waals surface area contributed by atoms with Gasteiger partial charge in [0, 0.05) is 16.1 Å². The minimum Gasteiger partial charge on any atom is -0.457 e. The molecular weight excluding hydrogens is 287 g/mol. The summed E-state index contributed by atoms with van der Waals surface area (Å²) in [5.74, 6) is 0.563. The van der Waals surface area contributed by atoms with Crippen LogP contribution >= 0.6 is 15.9 Å². The second kappa shape index (κ2) is 5.29. The number of rotatable bonds is 3. The van der Waals surface area contributed by atoms with Crippen molar-refractivity contribution in [3.05, 3.63) is 58.3 Å². The molecule has 4 heteroatoms. The Hall–Kier alpha value is -1.39. The Morgan fingerprint density at radius 2 is 2.00 bits per heavy atom. The summed E-state index contributed by atoms with van der Waals surface area (Å²) in [6.45, 7) is -0.135. The number of hydrogen-bond donors (Lipinski definition) is 1. The van der Waals surface area contributed by atoms with Gasteiger partial charge >= 0.3 is 0 Å². The molecule has 1 N–H and O–H groups in total. The average Bonchev–Trinajstić information content (AvgIpc) is 2.31. The zero-order chi connectivity index (χ0) is 12.3. The van der Waals surface area contributed by atoms with Crippen molar-refractivity contribution < 1.29 is 14.2 Å². The van der Waals surface area contributed by atoms with Crippen LogP contribution in [0.25, 0.3) is 0 Å². The van der Waals surface area contributed by atoms with E-state index in [0.29, 0.717) is 17.1 Å². The Morgan fingerprint density at radius 3 is 2.71 bits per heavy atom. The van der Waals surface area contributed by atoms with Gasteiger partial charge in [-0.05, 0) is 30.3 Å². The van der Waals surface area contributed by atoms with Crippen molar-refractivity contribution in [2.75, 3.05) is 0 Å². The minimum absolute atomic E-state index is 0.135. The van der Waals surface area contributed by atoms with E-state index in [-0.39, 0.29) is 12.4 Å². The molecule has 0 saturated heterocycles. The van der Waals surface area contributed by atoms with Crippen molar-refractivity contribution >= 4 is 15.9 Å². The van der Waals surface area contributed by atoms with Gasteiger partial charge in [0.05, 0.1) is 6.61 Å². The van der Waals surface area contributed by atoms with Gasteiger partial charge in [0.15, 0.2) is 0 Å². The van der Waals surface area contributed by atoms with E-state index >= 15 is 0 Å². The van der Waals surface area contributed by atoms with Crippen LogP contribution in [0.15, 0.2) is 46.9 Å². The van der Waals surface area contributed by atoms with Gasteiger partial charge in [-0.3, -0.25) is 0 Å². The summed E-state index contributed by atoms with van der Waals surface area (Å²) in [6, 6.07) is 11.2. The standard InChI is InChI=1S/C13H10BrFO2/c14-10-4-5-13(9(6-10)8-16)17-12-3-1-2-11(15)7-12/h1-7,16H,8H2. The van der Waals surface area contributed by atoms with Crippen LogP contribution in [-0.2, 0) is 6.61 Å². The highest BCUT2D eigenvalue weighted by Crippen LogP contribution is 2.28. The number of aliphatic hydroxyl groups excluding tert-OH is 1. The molecule has 2 aromatic carbocycles. The molecule has 2 aromatic rings. The summed E-state index contributed by atoms with van der Waals surface area (Å²) < 4.78 is 19.3. The van der Waals surface area contributed by atoms with Gasteiger partial charge in [-0.1, -0.05) is 22.0 Å². The van der Waals surface area contributed by atoms with Crippen molar-refractivity contribution in [3.63, 3.8) is 0 Å². The normalized spacial score (nSPS) is 10.3. The van der Waals surface area contributed by atoms with Crippen LogP contribution in [0.3, 0.4) is 0 Å². The molecule has 2 nitrogen and oxygen atoms in total. The van der Waals surface area contributed by atoms with Crippen molar-refractivity contribution in [2.24, 2.45) is 0 Å². The van der Waals surface area contributed by atoms with Crippen molar-refractivity contribution in [2.45, 2.75) is 6.61 Å². The summed E-state index contributed by atoms with van der Waals surface area (Å²) in [4.78, 5) is 0. The third kappa shape index (κ3) is 3.05. The monoisotopic (exact) mass is 296 g/mol. The van der Waals surface area contributed by atoms with Gasteiger partial charge < -0.3 is 9.84 Å². The Morgan fingerprint density at radius 1 is 1.18 bits per heavy atom. The van der Waals surface area contributed by atoms with Crippen LogP contribution in [0.2, 0.25) is 0 Å². The first-order chi connectivity index (χ1) is 8.19. The second-order valence-electron chi connectivity index (χ2n) is 3.47. The van der Waals surface area contributed by atoms with E-state index in [9.17, 15) is 9.50 Å². The first-order valence-corrected chi connectivity index (χ1v) is 5.81. The maximum absolute atomic E-state index is 13.0. The topological polar surface area (TPSA) is 29.5 Å². The van der Waals surface area contributed by atoms with Gasteiger partial charge in [-0.25, -0.2) is 4.39 Å². The lowest BCUT2D eigenvalue weighted by molar-refractivity contribution is 0.276. The fourth-order valence-corrected chi connectivity index (χ4v) is 1.84. The molecule has 0 bridgehead atoms. The molecule has 0 aromatic heterocycles. The third-order valence-electron chi connectivity index (χ3n) is 2.22. The maximum Gasteiger partial charge on any atom is 0.133 e. The Kier molecular flexibility index (Phi) is 3.76. The van der Waals surface area contributed by atoms with E-state index in [2.05, 4.69) is 15.9 Å². The molecule has 0 aliphatic rings. The van der Waals surface area contributed by atoms with Crippen LogP contribution in [-0.4, -0.2) is 5.11 Å². The first kappa shape index (κ1) is 12.1. The van der Waals surface area contributed by atoms with E-state index in [1.807, 2.05) is 0 Å². The number of halogens is 2. The molecule has 2 rings (SSSR count). The van der Waals surface area contributed by atoms with E-state index in [0.717, 1.165) is 4.47 Å². The quantitative estimate of drug-likeness (QED) is 0.931. The minimum atomic E-state index is -0.356. The largest absolute Gasteiger partial charge is 0.457 e. The van der Waals surface area contributed by atoms with E-state index in [1.165, 1.54) is 12.1 Å². The summed E-state index contributed by atoms with van der Waals surface area (Å²) in [5.41, 5.74) is 0.642. The second-order valence-corrected chi connectivity index (χ2v) is 4.39. The van der Waals surface area contributed by atoms with Gasteiger partial charge in [-0.2, -0.15) is 0 Å². The predicted octanol–water partition coefficient (Wildman–Crippen LogP) is 3.87. The zero-order valence-corrected chi connectivity index (χ0v) is 10.4. The smallest absolute Gasteiger partial charge is 0.133 e. The molecule has 0 unspecified atom stereocenters. The molecule has 0 aliphatic heterocycles. The molecule has 88 valence electrons. The van der Waals surface area contributed by atoms with Crippen LogP contribution in [0.5, 0.6) is 11.5 Å². The molecule has 0 atom stereocenters. The van der Waals surface area contributed by atoms with Crippen molar-refractivity contribution in [1.29, 1.82) is 0 Å². The highest BCUT2D eigenvalue weighted by atomic mass is 79.9. The Bertz CT molecular complexity index is 529. The summed E-state index contributed by atoms with van der Waals surface area (Å²) in [7, 11) is 0. The lowest BCUT2D eigenvalue weighted by atomic mass is 10.2. The molecule has 0 fully saturated rings. The molecule has 0 radical (unpaired) electrons. The molecule has 0 aliphatic carbocycles. The average molecular weight is 297 g/mol. The summed E-state index contributed by atoms with van der Waals surface area (Å²) in [5, 5.41) is 9.20. The van der Waals surface area contributed by atoms with Gasteiger partial charge in [0.1, 0.15) is 17.3 Å². The fourth-order valence-electron chi connectivity index (χ4n) is 1.43. The van der Waals surface area contributed by atoms with Crippen LogP contribution in [0.1, 0.15) is 5.56 Å². The van der Waals surface area contributed by atoms with E-state index < -0.39 is 0 Å². The Labute approximate surface area is 107 Å². The SMILES string of the molecule is OCc1cc(Br)ccc1Oc1cccc(F)c1. The fraction of sp³-hybridized carbons (Fsp3) is 0.0769.